The van der Waals surface area contributed by atoms with E-state index in [9.17, 15) is 14.7 Å². The molecule has 2 heterocycles. The predicted octanol–water partition coefficient (Wildman–Crippen LogP) is 3.19. The van der Waals surface area contributed by atoms with Gasteiger partial charge >= 0.3 is 5.97 Å². The Labute approximate surface area is 152 Å². The number of hydrogen-bond donors (Lipinski definition) is 1. The lowest BCUT2D eigenvalue weighted by molar-refractivity contribution is -0.154. The summed E-state index contributed by atoms with van der Waals surface area (Å²) in [5.41, 5.74) is 0.939. The fourth-order valence-electron chi connectivity index (χ4n) is 4.21. The van der Waals surface area contributed by atoms with Gasteiger partial charge in [0.1, 0.15) is 11.2 Å². The van der Waals surface area contributed by atoms with Crippen molar-refractivity contribution in [1.82, 2.24) is 14.5 Å². The zero-order chi connectivity index (χ0) is 18.5. The van der Waals surface area contributed by atoms with Crippen LogP contribution in [-0.2, 0) is 9.59 Å². The molecule has 6 heteroatoms. The van der Waals surface area contributed by atoms with Gasteiger partial charge in [-0.3, -0.25) is 9.59 Å². The van der Waals surface area contributed by atoms with E-state index in [0.717, 1.165) is 29.7 Å². The fourth-order valence-corrected chi connectivity index (χ4v) is 4.21. The molecule has 1 amide bonds. The molecule has 2 aliphatic rings. The van der Waals surface area contributed by atoms with Crippen molar-refractivity contribution < 1.29 is 14.7 Å². The van der Waals surface area contributed by atoms with Crippen molar-refractivity contribution in [1.29, 1.82) is 0 Å². The number of amides is 1. The van der Waals surface area contributed by atoms with Crippen LogP contribution in [0, 0.1) is 5.41 Å². The van der Waals surface area contributed by atoms with Crippen LogP contribution in [0.1, 0.15) is 57.3 Å². The number of para-hydroxylation sites is 2. The molecule has 1 unspecified atom stereocenters. The van der Waals surface area contributed by atoms with Crippen molar-refractivity contribution in [2.75, 3.05) is 13.1 Å². The Balaban J connectivity index is 1.65. The van der Waals surface area contributed by atoms with E-state index >= 15 is 0 Å². The smallest absolute Gasteiger partial charge is 0.319 e. The number of benzene rings is 1. The van der Waals surface area contributed by atoms with Crippen molar-refractivity contribution >= 4 is 22.9 Å². The summed E-state index contributed by atoms with van der Waals surface area (Å²) in [5, 5.41) is 9.44. The molecule has 1 N–H and O–H groups in total. The highest BCUT2D eigenvalue weighted by Crippen LogP contribution is 2.48. The summed E-state index contributed by atoms with van der Waals surface area (Å²) in [6.45, 7) is 5.50. The van der Waals surface area contributed by atoms with Crippen LogP contribution in [0.3, 0.4) is 0 Å². The maximum Gasteiger partial charge on any atom is 0.319 e. The molecule has 6 nitrogen and oxygen atoms in total. The highest BCUT2D eigenvalue weighted by Gasteiger charge is 2.58. The molecule has 1 saturated heterocycles. The number of fused-ring (bicyclic) bond motifs is 1. The first-order valence-corrected chi connectivity index (χ1v) is 9.43. The molecule has 0 spiro atoms. The molecule has 26 heavy (non-hydrogen) atoms. The van der Waals surface area contributed by atoms with E-state index in [2.05, 4.69) is 24.5 Å². The van der Waals surface area contributed by atoms with Crippen LogP contribution in [0.5, 0.6) is 0 Å². The van der Waals surface area contributed by atoms with Crippen LogP contribution < -0.4 is 0 Å². The summed E-state index contributed by atoms with van der Waals surface area (Å²) in [4.78, 5) is 31.0. The lowest BCUT2D eigenvalue weighted by atomic mass is 9.94. The summed E-state index contributed by atoms with van der Waals surface area (Å²) in [6, 6.07) is 8.39. The number of carbonyl (C=O) groups is 2. The third-order valence-corrected chi connectivity index (χ3v) is 5.78. The molecular weight excluding hydrogens is 330 g/mol. The third-order valence-electron chi connectivity index (χ3n) is 5.78. The number of likely N-dealkylation sites (tertiary alicyclic amines) is 1. The van der Waals surface area contributed by atoms with Gasteiger partial charge in [0.05, 0.1) is 11.0 Å². The number of aromatic nitrogens is 2. The molecule has 138 valence electrons. The summed E-state index contributed by atoms with van der Waals surface area (Å²) in [6.07, 6.45) is 2.78. The molecule has 0 radical (unpaired) electrons. The molecule has 2 fully saturated rings. The molecule has 1 aromatic carbocycles. The van der Waals surface area contributed by atoms with Crippen molar-refractivity contribution in [2.45, 2.75) is 51.5 Å². The average molecular weight is 355 g/mol. The minimum Gasteiger partial charge on any atom is -0.480 e. The first-order chi connectivity index (χ1) is 12.4. The molecule has 1 aliphatic heterocycles. The van der Waals surface area contributed by atoms with Gasteiger partial charge in [-0.25, -0.2) is 4.98 Å². The Kier molecular flexibility index (Phi) is 4.01. The topological polar surface area (TPSA) is 75.4 Å². The van der Waals surface area contributed by atoms with Crippen LogP contribution in [0.25, 0.3) is 11.0 Å². The second-order valence-corrected chi connectivity index (χ2v) is 7.90. The number of carboxylic acids is 1. The standard InChI is InChI=1S/C20H25N3O3/c1-13(2)23-16-8-4-3-7-15(16)21-17(23)14-6-5-11-22(12-14)18(24)20(9-10-20)19(25)26/h3-4,7-8,13-14H,5-6,9-12H2,1-2H3,(H,25,26). The van der Waals surface area contributed by atoms with Crippen molar-refractivity contribution in [3.8, 4) is 0 Å². The van der Waals surface area contributed by atoms with Crippen LogP contribution in [0.15, 0.2) is 24.3 Å². The minimum absolute atomic E-state index is 0.145. The Hall–Kier alpha value is -2.37. The zero-order valence-electron chi connectivity index (χ0n) is 15.3. The summed E-state index contributed by atoms with van der Waals surface area (Å²) in [7, 11) is 0. The monoisotopic (exact) mass is 355 g/mol. The van der Waals surface area contributed by atoms with Crippen molar-refractivity contribution in [2.24, 2.45) is 5.41 Å². The van der Waals surface area contributed by atoms with Gasteiger partial charge in [0.25, 0.3) is 0 Å². The molecule has 4 rings (SSSR count). The summed E-state index contributed by atoms with van der Waals surface area (Å²) < 4.78 is 2.26. The van der Waals surface area contributed by atoms with Gasteiger partial charge in [0.15, 0.2) is 0 Å². The quantitative estimate of drug-likeness (QED) is 0.855. The van der Waals surface area contributed by atoms with Gasteiger partial charge in [0.2, 0.25) is 5.91 Å². The first kappa shape index (κ1) is 17.1. The van der Waals surface area contributed by atoms with Gasteiger partial charge < -0.3 is 14.6 Å². The average Bonchev–Trinajstić information content (AvgIpc) is 3.35. The van der Waals surface area contributed by atoms with Crippen LogP contribution in [0.4, 0.5) is 0 Å². The third kappa shape index (κ3) is 2.59. The second kappa shape index (κ2) is 6.11. The minimum atomic E-state index is -1.15. The predicted molar refractivity (Wildman–Crippen MR) is 98.0 cm³/mol. The van der Waals surface area contributed by atoms with Crippen molar-refractivity contribution in [3.63, 3.8) is 0 Å². The van der Waals surface area contributed by atoms with E-state index in [-0.39, 0.29) is 17.9 Å². The zero-order valence-corrected chi connectivity index (χ0v) is 15.3. The number of carbonyl (C=O) groups excluding carboxylic acids is 1. The van der Waals surface area contributed by atoms with Gasteiger partial charge in [0, 0.05) is 25.0 Å². The lowest BCUT2D eigenvalue weighted by Gasteiger charge is -2.34. The van der Waals surface area contributed by atoms with E-state index in [1.807, 2.05) is 18.2 Å². The van der Waals surface area contributed by atoms with Gasteiger partial charge in [-0.05, 0) is 51.7 Å². The van der Waals surface area contributed by atoms with Crippen LogP contribution >= 0.6 is 0 Å². The highest BCUT2D eigenvalue weighted by molar-refractivity contribution is 6.04. The van der Waals surface area contributed by atoms with E-state index < -0.39 is 11.4 Å². The Morgan fingerprint density at radius 3 is 2.65 bits per heavy atom. The molecule has 1 aromatic heterocycles. The number of aliphatic carboxylic acids is 1. The van der Waals surface area contributed by atoms with Gasteiger partial charge in [-0.2, -0.15) is 0 Å². The van der Waals surface area contributed by atoms with Crippen LogP contribution in [0.2, 0.25) is 0 Å². The summed E-state index contributed by atoms with van der Waals surface area (Å²) in [5.74, 6) is -0.0214. The van der Waals surface area contributed by atoms with E-state index in [0.29, 0.717) is 25.9 Å². The van der Waals surface area contributed by atoms with E-state index in [1.165, 1.54) is 0 Å². The molecule has 1 aliphatic carbocycles. The second-order valence-electron chi connectivity index (χ2n) is 7.90. The normalized spacial score (nSPS) is 22.0. The van der Waals surface area contributed by atoms with E-state index in [1.54, 1.807) is 4.90 Å². The molecule has 2 aromatic rings. The number of rotatable bonds is 4. The number of nitrogens with zero attached hydrogens (tertiary/aromatic N) is 3. The summed E-state index contributed by atoms with van der Waals surface area (Å²) >= 11 is 0. The van der Waals surface area contributed by atoms with Crippen LogP contribution in [-0.4, -0.2) is 44.5 Å². The van der Waals surface area contributed by atoms with Gasteiger partial charge in [-0.1, -0.05) is 12.1 Å². The van der Waals surface area contributed by atoms with Gasteiger partial charge in [-0.15, -0.1) is 0 Å². The first-order valence-electron chi connectivity index (χ1n) is 9.43. The maximum atomic E-state index is 12.8. The highest BCUT2D eigenvalue weighted by atomic mass is 16.4. The SMILES string of the molecule is CC(C)n1c(C2CCCN(C(=O)C3(C(=O)O)CC3)C2)nc2ccccc21. The molecule has 1 saturated carbocycles. The Morgan fingerprint density at radius 1 is 1.27 bits per heavy atom. The largest absolute Gasteiger partial charge is 0.480 e. The number of piperidine rings is 1. The van der Waals surface area contributed by atoms with Crippen molar-refractivity contribution in [3.05, 3.63) is 30.1 Å². The number of hydrogen-bond acceptors (Lipinski definition) is 3. The molecule has 1 atom stereocenters. The Bertz CT molecular complexity index is 866. The maximum absolute atomic E-state index is 12.8. The Morgan fingerprint density at radius 2 is 2.00 bits per heavy atom. The van der Waals surface area contributed by atoms with E-state index in [4.69, 9.17) is 4.98 Å². The number of carboxylic acid groups (broad SMARTS) is 1. The lowest BCUT2D eigenvalue weighted by Crippen LogP contribution is -2.45. The molecular formula is C20H25N3O3. The molecule has 0 bridgehead atoms. The number of imidazole rings is 1. The fraction of sp³-hybridized carbons (Fsp3) is 0.550.